The van der Waals surface area contributed by atoms with Gasteiger partial charge < -0.3 is 9.84 Å². The highest BCUT2D eigenvalue weighted by Crippen LogP contribution is 2.59. The molecule has 1 N–H and O–H groups in total. The Morgan fingerprint density at radius 1 is 1.29 bits per heavy atom. The second-order valence-corrected chi connectivity index (χ2v) is 10.2. The lowest BCUT2D eigenvalue weighted by Crippen LogP contribution is -2.77. The zero-order chi connectivity index (χ0) is 27.0. The Balaban J connectivity index is 2.44. The van der Waals surface area contributed by atoms with Gasteiger partial charge in [0.05, 0.1) is 17.2 Å². The first-order valence-corrected chi connectivity index (χ1v) is 11.2. The van der Waals surface area contributed by atoms with Crippen LogP contribution in [0.2, 0.25) is 0 Å². The van der Waals surface area contributed by atoms with Crippen molar-refractivity contribution in [3.8, 4) is 11.8 Å². The predicted molar refractivity (Wildman–Crippen MR) is 131 cm³/mol. The molecule has 1 atom stereocenters. The summed E-state index contributed by atoms with van der Waals surface area (Å²) in [5.74, 6) is 0.0136. The number of halogens is 3. The Hall–Kier alpha value is -2.83. The lowest BCUT2D eigenvalue weighted by Gasteiger charge is -2.67. The molecular formula is C26H32BF3N2O3. The summed E-state index contributed by atoms with van der Waals surface area (Å²) in [5, 5.41) is 20.6. The van der Waals surface area contributed by atoms with Gasteiger partial charge in [-0.15, -0.1) is 0 Å². The van der Waals surface area contributed by atoms with E-state index >= 15 is 0 Å². The van der Waals surface area contributed by atoms with Crippen LogP contribution in [0.25, 0.3) is 0 Å². The van der Waals surface area contributed by atoms with Gasteiger partial charge in [0.1, 0.15) is 23.8 Å². The third kappa shape index (κ3) is 4.96. The minimum absolute atomic E-state index is 0.0136. The van der Waals surface area contributed by atoms with E-state index < -0.39 is 39.9 Å². The molecule has 9 heteroatoms. The van der Waals surface area contributed by atoms with E-state index in [0.717, 1.165) is 12.1 Å². The SMILES string of the molecule is BC(O)(C(=C/C=C)/C(C=O)=C\C)N(C)C1C(C)(C)C(Oc2ccc(C#N)c(C(F)(F)F)c2)C1(C)C. The summed E-state index contributed by atoms with van der Waals surface area (Å²) in [5.41, 5.74) is -3.58. The molecule has 1 saturated carbocycles. The van der Waals surface area contributed by atoms with Crippen molar-refractivity contribution in [2.24, 2.45) is 10.8 Å². The molecule has 35 heavy (non-hydrogen) atoms. The molecular weight excluding hydrogens is 456 g/mol. The van der Waals surface area contributed by atoms with Gasteiger partial charge in [0.2, 0.25) is 0 Å². The number of benzene rings is 1. The van der Waals surface area contributed by atoms with E-state index in [0.29, 0.717) is 17.4 Å². The van der Waals surface area contributed by atoms with Gasteiger partial charge in [-0.25, -0.2) is 0 Å². The molecule has 1 aliphatic carbocycles. The fourth-order valence-corrected chi connectivity index (χ4v) is 5.85. The Morgan fingerprint density at radius 3 is 2.29 bits per heavy atom. The molecule has 1 aliphatic rings. The Labute approximate surface area is 206 Å². The van der Waals surface area contributed by atoms with Crippen molar-refractivity contribution in [3.63, 3.8) is 0 Å². The highest BCUT2D eigenvalue weighted by Gasteiger charge is 2.66. The molecule has 0 spiro atoms. The van der Waals surface area contributed by atoms with Crippen LogP contribution in [0, 0.1) is 22.2 Å². The molecule has 0 saturated heterocycles. The highest BCUT2D eigenvalue weighted by atomic mass is 19.4. The molecule has 1 aromatic rings. The van der Waals surface area contributed by atoms with Crippen molar-refractivity contribution in [2.75, 3.05) is 7.05 Å². The van der Waals surface area contributed by atoms with E-state index in [2.05, 4.69) is 6.58 Å². The fraction of sp³-hybridized carbons (Fsp3) is 0.462. The lowest BCUT2D eigenvalue weighted by molar-refractivity contribution is -0.231. The number of hydrogen-bond acceptors (Lipinski definition) is 5. The van der Waals surface area contributed by atoms with Gasteiger partial charge >= 0.3 is 6.18 Å². The first kappa shape index (κ1) is 28.4. The standard InChI is InChI=1S/C26H32BF3N2O3/c1-8-10-19(16(9-2)15-33)25(27,34)32(7)21-23(3,4)22(24(21,5)6)35-18-12-11-17(14-31)20(13-18)26(28,29)30/h8-13,15,21-22,34H,1,27H2,2-7H3/b16-9-,19-10+. The Morgan fingerprint density at radius 2 is 1.86 bits per heavy atom. The van der Waals surface area contributed by atoms with Crippen LogP contribution in [0.3, 0.4) is 0 Å². The summed E-state index contributed by atoms with van der Waals surface area (Å²) in [7, 11) is 3.33. The van der Waals surface area contributed by atoms with E-state index in [9.17, 15) is 23.1 Å². The molecule has 1 aromatic carbocycles. The number of alkyl halides is 3. The molecule has 188 valence electrons. The summed E-state index contributed by atoms with van der Waals surface area (Å²) >= 11 is 0. The average molecular weight is 488 g/mol. The number of rotatable bonds is 8. The van der Waals surface area contributed by atoms with Gasteiger partial charge in [-0.2, -0.15) is 18.4 Å². The smallest absolute Gasteiger partial charge is 0.417 e. The second-order valence-electron chi connectivity index (χ2n) is 10.2. The number of aldehydes is 1. The maximum atomic E-state index is 13.4. The van der Waals surface area contributed by atoms with Crippen LogP contribution in [0.15, 0.2) is 54.2 Å². The number of hydrogen-bond donors (Lipinski definition) is 1. The average Bonchev–Trinajstić information content (AvgIpc) is 2.76. The molecule has 2 rings (SSSR count). The minimum Gasteiger partial charge on any atom is -0.489 e. The number of ether oxygens (including phenoxy) is 1. The molecule has 5 nitrogen and oxygen atoms in total. The van der Waals surface area contributed by atoms with Crippen molar-refractivity contribution < 1.29 is 27.8 Å². The van der Waals surface area contributed by atoms with E-state index in [4.69, 9.17) is 10.00 Å². The number of carbonyl (C=O) groups excluding carboxylic acids is 1. The number of carbonyl (C=O) groups is 1. The van der Waals surface area contributed by atoms with Crippen molar-refractivity contribution >= 4 is 14.1 Å². The van der Waals surface area contributed by atoms with Gasteiger partial charge in [-0.3, -0.25) is 9.69 Å². The summed E-state index contributed by atoms with van der Waals surface area (Å²) in [6.07, 6.45) is 0.166. The van der Waals surface area contributed by atoms with Gasteiger partial charge in [-0.05, 0) is 37.7 Å². The molecule has 0 heterocycles. The van der Waals surface area contributed by atoms with Crippen molar-refractivity contribution in [1.29, 1.82) is 5.26 Å². The molecule has 0 radical (unpaired) electrons. The monoisotopic (exact) mass is 488 g/mol. The summed E-state index contributed by atoms with van der Waals surface area (Å²) in [6, 6.07) is 4.61. The third-order valence-electron chi connectivity index (χ3n) is 7.05. The van der Waals surface area contributed by atoms with Crippen LogP contribution < -0.4 is 4.74 Å². The molecule has 1 fully saturated rings. The zero-order valence-electron chi connectivity index (χ0n) is 21.2. The fourth-order valence-electron chi connectivity index (χ4n) is 5.85. The Bertz CT molecular complexity index is 1080. The molecule has 0 amide bonds. The zero-order valence-corrected chi connectivity index (χ0v) is 21.2. The van der Waals surface area contributed by atoms with Gasteiger partial charge in [0, 0.05) is 22.4 Å². The van der Waals surface area contributed by atoms with E-state index in [1.54, 1.807) is 44.9 Å². The first-order chi connectivity index (χ1) is 16.0. The maximum absolute atomic E-state index is 13.4. The number of aliphatic hydroxyl groups is 1. The van der Waals surface area contributed by atoms with E-state index in [-0.39, 0.29) is 11.8 Å². The minimum atomic E-state index is -4.69. The summed E-state index contributed by atoms with van der Waals surface area (Å²) in [4.78, 5) is 13.4. The van der Waals surface area contributed by atoms with Crippen LogP contribution in [-0.4, -0.2) is 49.0 Å². The maximum Gasteiger partial charge on any atom is 0.417 e. The molecule has 0 aromatic heterocycles. The van der Waals surface area contributed by atoms with Crippen molar-refractivity contribution in [3.05, 3.63) is 65.3 Å². The van der Waals surface area contributed by atoms with Crippen LogP contribution in [0.4, 0.5) is 13.2 Å². The largest absolute Gasteiger partial charge is 0.489 e. The van der Waals surface area contributed by atoms with E-state index in [1.165, 1.54) is 12.1 Å². The molecule has 1 unspecified atom stereocenters. The van der Waals surface area contributed by atoms with Crippen LogP contribution >= 0.6 is 0 Å². The van der Waals surface area contributed by atoms with Crippen molar-refractivity contribution in [2.45, 2.75) is 58.6 Å². The number of nitriles is 1. The quantitative estimate of drug-likeness (QED) is 0.195. The van der Waals surface area contributed by atoms with Crippen LogP contribution in [-0.2, 0) is 11.0 Å². The van der Waals surface area contributed by atoms with E-state index in [1.807, 2.05) is 27.7 Å². The Kier molecular flexibility index (Phi) is 7.85. The summed E-state index contributed by atoms with van der Waals surface area (Å²) < 4.78 is 46.4. The topological polar surface area (TPSA) is 73.6 Å². The number of nitrogens with zero attached hydrogens (tertiary/aromatic N) is 2. The number of likely N-dealkylation sites (N-methyl/N-ethyl adjacent to an activating group) is 1. The predicted octanol–water partition coefficient (Wildman–Crippen LogP) is 4.23. The van der Waals surface area contributed by atoms with Crippen LogP contribution in [0.5, 0.6) is 5.75 Å². The highest BCUT2D eigenvalue weighted by molar-refractivity contribution is 6.17. The molecule has 0 bridgehead atoms. The summed E-state index contributed by atoms with van der Waals surface area (Å²) in [6.45, 7) is 13.1. The second kappa shape index (κ2) is 9.67. The number of allylic oxidation sites excluding steroid dienone is 3. The van der Waals surface area contributed by atoms with Crippen LogP contribution in [0.1, 0.15) is 45.7 Å². The first-order valence-electron chi connectivity index (χ1n) is 11.2. The van der Waals surface area contributed by atoms with Gasteiger partial charge in [0.25, 0.3) is 0 Å². The molecule has 0 aliphatic heterocycles. The van der Waals surface area contributed by atoms with Gasteiger partial charge in [0.15, 0.2) is 7.85 Å². The van der Waals surface area contributed by atoms with Crippen molar-refractivity contribution in [1.82, 2.24) is 4.90 Å². The van der Waals surface area contributed by atoms with Gasteiger partial charge in [-0.1, -0.05) is 52.5 Å². The third-order valence-corrected chi connectivity index (χ3v) is 7.05. The normalized spacial score (nSPS) is 23.6. The lowest BCUT2D eigenvalue weighted by atomic mass is 9.48.